The van der Waals surface area contributed by atoms with Gasteiger partial charge in [-0.15, -0.1) is 0 Å². The Kier molecular flexibility index (Phi) is 7.28. The number of carbonyl (C=O) groups excluding carboxylic acids is 2. The first-order chi connectivity index (χ1) is 14.9. The molecule has 0 aliphatic heterocycles. The van der Waals surface area contributed by atoms with Gasteiger partial charge < -0.3 is 20.1 Å². The van der Waals surface area contributed by atoms with Gasteiger partial charge in [-0.25, -0.2) is 4.98 Å². The Hall–Kier alpha value is -2.93. The molecule has 0 radical (unpaired) electrons. The van der Waals surface area contributed by atoms with Gasteiger partial charge in [-0.1, -0.05) is 30.3 Å². The van der Waals surface area contributed by atoms with Crippen molar-refractivity contribution in [2.75, 3.05) is 20.7 Å². The van der Waals surface area contributed by atoms with Crippen molar-refractivity contribution in [2.45, 2.75) is 50.2 Å². The van der Waals surface area contributed by atoms with Crippen LogP contribution in [0.2, 0.25) is 0 Å². The van der Waals surface area contributed by atoms with Crippen molar-refractivity contribution in [1.82, 2.24) is 15.2 Å². The minimum atomic E-state index is -0.667. The summed E-state index contributed by atoms with van der Waals surface area (Å²) in [5, 5.41) is 13.9. The molecule has 1 aromatic carbocycles. The first-order valence-electron chi connectivity index (χ1n) is 10.6. The third kappa shape index (κ3) is 5.05. The van der Waals surface area contributed by atoms with Crippen LogP contribution in [-0.2, 0) is 10.2 Å². The zero-order chi connectivity index (χ0) is 22.4. The number of rotatable bonds is 6. The Labute approximate surface area is 183 Å². The van der Waals surface area contributed by atoms with Gasteiger partial charge in [0.2, 0.25) is 11.8 Å². The van der Waals surface area contributed by atoms with E-state index >= 15 is 0 Å². The van der Waals surface area contributed by atoms with Crippen LogP contribution in [0, 0.1) is 0 Å². The van der Waals surface area contributed by atoms with Gasteiger partial charge in [-0.05, 0) is 43.4 Å². The van der Waals surface area contributed by atoms with E-state index in [2.05, 4.69) is 22.4 Å². The number of methoxy groups -OCH3 is 1. The minimum Gasteiger partial charge on any atom is -0.480 e. The van der Waals surface area contributed by atoms with Crippen molar-refractivity contribution in [3.8, 4) is 5.88 Å². The number of pyridine rings is 1. The van der Waals surface area contributed by atoms with Gasteiger partial charge in [-0.3, -0.25) is 9.59 Å². The summed E-state index contributed by atoms with van der Waals surface area (Å²) in [5.74, 6) is -0.0394. The second-order valence-corrected chi connectivity index (χ2v) is 8.24. The average molecular weight is 426 g/mol. The number of aromatic nitrogens is 1. The highest BCUT2D eigenvalue weighted by atomic mass is 16.5. The highest BCUT2D eigenvalue weighted by molar-refractivity contribution is 5.96. The molecule has 1 heterocycles. The normalized spacial score (nSPS) is 23.5. The first-order valence-corrected chi connectivity index (χ1v) is 10.6. The van der Waals surface area contributed by atoms with E-state index in [0.717, 1.165) is 12.0 Å². The number of carbonyl (C=O) groups is 2. The van der Waals surface area contributed by atoms with E-state index in [1.165, 1.54) is 14.0 Å². The zero-order valence-corrected chi connectivity index (χ0v) is 18.4. The lowest BCUT2D eigenvalue weighted by Gasteiger charge is -2.34. The number of benzene rings is 1. The van der Waals surface area contributed by atoms with Gasteiger partial charge in [0.1, 0.15) is 5.56 Å². The molecule has 2 amide bonds. The second kappa shape index (κ2) is 9.92. The maximum absolute atomic E-state index is 13.2. The maximum Gasteiger partial charge on any atom is 0.259 e. The van der Waals surface area contributed by atoms with Crippen LogP contribution in [0.4, 0.5) is 0 Å². The quantitative estimate of drug-likeness (QED) is 0.694. The van der Waals surface area contributed by atoms with Crippen LogP contribution in [-0.4, -0.2) is 59.7 Å². The Bertz CT molecular complexity index is 905. The van der Waals surface area contributed by atoms with Gasteiger partial charge in [0, 0.05) is 32.1 Å². The summed E-state index contributed by atoms with van der Waals surface area (Å²) >= 11 is 0. The molecule has 0 spiro atoms. The van der Waals surface area contributed by atoms with Gasteiger partial charge in [0.05, 0.1) is 19.3 Å². The van der Waals surface area contributed by atoms with Crippen LogP contribution in [0.15, 0.2) is 48.7 Å². The van der Waals surface area contributed by atoms with Gasteiger partial charge in [0.25, 0.3) is 5.91 Å². The lowest BCUT2D eigenvalue weighted by molar-refractivity contribution is -0.119. The minimum absolute atomic E-state index is 0.0763. The van der Waals surface area contributed by atoms with Crippen LogP contribution in [0.3, 0.4) is 0 Å². The van der Waals surface area contributed by atoms with Gasteiger partial charge in [-0.2, -0.15) is 0 Å². The summed E-state index contributed by atoms with van der Waals surface area (Å²) in [4.78, 5) is 30.5. The van der Waals surface area contributed by atoms with E-state index in [-0.39, 0.29) is 29.2 Å². The molecular formula is C24H31N3O4. The molecule has 7 nitrogen and oxygen atoms in total. The number of hydrogen-bond donors (Lipinski definition) is 2. The maximum atomic E-state index is 13.2. The third-order valence-electron chi connectivity index (χ3n) is 6.36. The predicted octanol–water partition coefficient (Wildman–Crippen LogP) is 2.54. The predicted molar refractivity (Wildman–Crippen MR) is 118 cm³/mol. The van der Waals surface area contributed by atoms with Crippen LogP contribution in [0.1, 0.15) is 48.5 Å². The van der Waals surface area contributed by atoms with Gasteiger partial charge in [0.15, 0.2) is 0 Å². The Balaban J connectivity index is 1.85. The molecule has 0 saturated heterocycles. The molecular weight excluding hydrogens is 394 g/mol. The summed E-state index contributed by atoms with van der Waals surface area (Å²) in [6.45, 7) is 2.01. The van der Waals surface area contributed by atoms with Crippen LogP contribution >= 0.6 is 0 Å². The monoisotopic (exact) mass is 425 g/mol. The van der Waals surface area contributed by atoms with Crippen molar-refractivity contribution >= 4 is 11.8 Å². The number of aliphatic hydroxyl groups is 1. The fourth-order valence-electron chi connectivity index (χ4n) is 4.52. The van der Waals surface area contributed by atoms with E-state index in [9.17, 15) is 14.7 Å². The van der Waals surface area contributed by atoms with E-state index in [0.29, 0.717) is 31.4 Å². The average Bonchev–Trinajstić information content (AvgIpc) is 2.97. The molecule has 31 heavy (non-hydrogen) atoms. The standard InChI is InChI=1S/C24H31N3O4/c1-17(28)26-16-24(18-8-5-4-6-9-18)13-11-20(21(29)12-14-24)27(2)23(30)19-10-7-15-25-22(19)31-3/h4-10,15,20-21,29H,11-14,16H2,1-3H3,(H,26,28)/t20-,21-,24-/m1/s1. The van der Waals surface area contributed by atoms with E-state index in [4.69, 9.17) is 4.74 Å². The van der Waals surface area contributed by atoms with E-state index in [1.807, 2.05) is 18.2 Å². The number of nitrogens with zero attached hydrogens (tertiary/aromatic N) is 2. The summed E-state index contributed by atoms with van der Waals surface area (Å²) in [6, 6.07) is 13.1. The third-order valence-corrected chi connectivity index (χ3v) is 6.36. The molecule has 2 N–H and O–H groups in total. The zero-order valence-electron chi connectivity index (χ0n) is 18.4. The number of ether oxygens (including phenoxy) is 1. The fraction of sp³-hybridized carbons (Fsp3) is 0.458. The Morgan fingerprint density at radius 3 is 2.58 bits per heavy atom. The highest BCUT2D eigenvalue weighted by Gasteiger charge is 2.40. The largest absolute Gasteiger partial charge is 0.480 e. The number of aliphatic hydroxyl groups excluding tert-OH is 1. The Morgan fingerprint density at radius 1 is 1.19 bits per heavy atom. The lowest BCUT2D eigenvalue weighted by atomic mass is 9.74. The van der Waals surface area contributed by atoms with Crippen molar-refractivity contribution in [2.24, 2.45) is 0 Å². The van der Waals surface area contributed by atoms with Crippen molar-refractivity contribution in [3.05, 3.63) is 59.8 Å². The number of hydrogen-bond acceptors (Lipinski definition) is 5. The molecule has 1 aromatic heterocycles. The summed E-state index contributed by atoms with van der Waals surface area (Å²) < 4.78 is 5.24. The summed E-state index contributed by atoms with van der Waals surface area (Å²) in [5.41, 5.74) is 1.22. The first kappa shape index (κ1) is 22.7. The SMILES string of the molecule is COc1ncccc1C(=O)N(C)[C@@H]1CC[C@@](CNC(C)=O)(c2ccccc2)CC[C@H]1O. The summed E-state index contributed by atoms with van der Waals surface area (Å²) in [6.07, 6.45) is 3.50. The number of likely N-dealkylation sites (N-methyl/N-ethyl adjacent to an activating group) is 1. The van der Waals surface area contributed by atoms with E-state index < -0.39 is 6.10 Å². The molecule has 166 valence electrons. The molecule has 3 atom stereocenters. The van der Waals surface area contributed by atoms with Crippen LogP contribution < -0.4 is 10.1 Å². The summed E-state index contributed by atoms with van der Waals surface area (Å²) in [7, 11) is 3.20. The van der Waals surface area contributed by atoms with E-state index in [1.54, 1.807) is 30.3 Å². The molecule has 0 unspecified atom stereocenters. The molecule has 3 rings (SSSR count). The van der Waals surface area contributed by atoms with Gasteiger partial charge >= 0.3 is 0 Å². The molecule has 0 bridgehead atoms. The smallest absolute Gasteiger partial charge is 0.259 e. The Morgan fingerprint density at radius 2 is 1.90 bits per heavy atom. The lowest BCUT2D eigenvalue weighted by Crippen LogP contribution is -2.44. The van der Waals surface area contributed by atoms with Crippen molar-refractivity contribution in [3.63, 3.8) is 0 Å². The number of amides is 2. The van der Waals surface area contributed by atoms with Crippen LogP contribution in [0.5, 0.6) is 5.88 Å². The van der Waals surface area contributed by atoms with Crippen molar-refractivity contribution in [1.29, 1.82) is 0 Å². The molecule has 1 aliphatic carbocycles. The second-order valence-electron chi connectivity index (χ2n) is 8.24. The molecule has 2 aromatic rings. The molecule has 7 heteroatoms. The topological polar surface area (TPSA) is 91.8 Å². The van der Waals surface area contributed by atoms with Crippen molar-refractivity contribution < 1.29 is 19.4 Å². The molecule has 1 aliphatic rings. The fourth-order valence-corrected chi connectivity index (χ4v) is 4.52. The highest BCUT2D eigenvalue weighted by Crippen LogP contribution is 2.39. The molecule has 1 fully saturated rings. The molecule has 1 saturated carbocycles. The number of nitrogens with one attached hydrogen (secondary N) is 1. The van der Waals surface area contributed by atoms with Crippen LogP contribution in [0.25, 0.3) is 0 Å².